The molecule has 102 valence electrons. The van der Waals surface area contributed by atoms with Crippen molar-refractivity contribution in [2.45, 2.75) is 27.7 Å². The van der Waals surface area contributed by atoms with E-state index in [-0.39, 0.29) is 5.75 Å². The number of pyridine rings is 1. The summed E-state index contributed by atoms with van der Waals surface area (Å²) in [7, 11) is 0. The summed E-state index contributed by atoms with van der Waals surface area (Å²) in [5, 5.41) is 15.2. The first-order chi connectivity index (χ1) is 9.49. The molecule has 0 saturated carbocycles. The third-order valence-corrected chi connectivity index (χ3v) is 3.64. The normalized spacial score (nSPS) is 11.2. The molecule has 4 nitrogen and oxygen atoms in total. The van der Waals surface area contributed by atoms with E-state index in [0.29, 0.717) is 5.52 Å². The van der Waals surface area contributed by atoms with Crippen molar-refractivity contribution in [1.29, 1.82) is 0 Å². The lowest BCUT2D eigenvalue weighted by molar-refractivity contribution is 0.393. The molecule has 0 aliphatic carbocycles. The lowest BCUT2D eigenvalue weighted by atomic mass is 10.0. The number of phenolic OH excluding ortho intramolecular Hbond substituents is 1. The highest BCUT2D eigenvalue weighted by Gasteiger charge is 2.15. The van der Waals surface area contributed by atoms with E-state index in [1.165, 1.54) is 0 Å². The number of rotatable bonds is 1. The Bertz CT molecular complexity index is 799. The second-order valence-electron chi connectivity index (χ2n) is 5.15. The van der Waals surface area contributed by atoms with E-state index in [2.05, 4.69) is 10.1 Å². The number of nitrogens with zero attached hydrogens (tertiary/aromatic N) is 2. The SMILES string of the molecule is Cc1cc(C)c2ccc(-c3c(C)noc3C)nc2c1O. The van der Waals surface area contributed by atoms with Gasteiger partial charge in [-0.15, -0.1) is 0 Å². The van der Waals surface area contributed by atoms with Gasteiger partial charge in [0.25, 0.3) is 0 Å². The van der Waals surface area contributed by atoms with Crippen LogP contribution in [0.25, 0.3) is 22.2 Å². The Morgan fingerprint density at radius 1 is 1.05 bits per heavy atom. The van der Waals surface area contributed by atoms with E-state index in [0.717, 1.165) is 39.2 Å². The smallest absolute Gasteiger partial charge is 0.144 e. The highest BCUT2D eigenvalue weighted by molar-refractivity contribution is 5.90. The van der Waals surface area contributed by atoms with Gasteiger partial charge in [-0.25, -0.2) is 4.98 Å². The molecule has 0 radical (unpaired) electrons. The summed E-state index contributed by atoms with van der Waals surface area (Å²) in [6.45, 7) is 7.65. The molecule has 0 aliphatic heterocycles. The summed E-state index contributed by atoms with van der Waals surface area (Å²) in [5.74, 6) is 0.970. The van der Waals surface area contributed by atoms with Gasteiger partial charge in [-0.2, -0.15) is 0 Å². The standard InChI is InChI=1S/C16H16N2O2/c1-8-7-9(2)16(19)15-12(8)5-6-13(17-15)14-10(3)18-20-11(14)4/h5-7,19H,1-4H3. The maximum absolute atomic E-state index is 10.2. The molecule has 3 aromatic rings. The molecule has 4 heteroatoms. The van der Waals surface area contributed by atoms with Gasteiger partial charge in [0.2, 0.25) is 0 Å². The Kier molecular flexibility index (Phi) is 2.74. The van der Waals surface area contributed by atoms with E-state index in [1.807, 2.05) is 45.9 Å². The van der Waals surface area contributed by atoms with Gasteiger partial charge in [-0.3, -0.25) is 0 Å². The van der Waals surface area contributed by atoms with Gasteiger partial charge >= 0.3 is 0 Å². The molecule has 1 N–H and O–H groups in total. The van der Waals surface area contributed by atoms with Crippen LogP contribution >= 0.6 is 0 Å². The topological polar surface area (TPSA) is 59.2 Å². The highest BCUT2D eigenvalue weighted by Crippen LogP contribution is 2.33. The molecule has 0 atom stereocenters. The second-order valence-corrected chi connectivity index (χ2v) is 5.15. The first-order valence-electron chi connectivity index (χ1n) is 6.52. The monoisotopic (exact) mass is 268 g/mol. The minimum absolute atomic E-state index is 0.235. The number of phenols is 1. The lowest BCUT2D eigenvalue weighted by Gasteiger charge is -2.09. The van der Waals surface area contributed by atoms with Crippen molar-refractivity contribution in [3.05, 3.63) is 40.8 Å². The van der Waals surface area contributed by atoms with Gasteiger partial charge in [-0.05, 0) is 44.9 Å². The Hall–Kier alpha value is -2.36. The average molecular weight is 268 g/mol. The first-order valence-corrected chi connectivity index (χ1v) is 6.52. The summed E-state index contributed by atoms with van der Waals surface area (Å²) in [6, 6.07) is 5.89. The molecule has 2 aromatic heterocycles. The number of hydrogen-bond acceptors (Lipinski definition) is 4. The number of aryl methyl sites for hydroxylation is 4. The molecule has 0 amide bonds. The fraction of sp³-hybridized carbons (Fsp3) is 0.250. The number of benzene rings is 1. The third-order valence-electron chi connectivity index (χ3n) is 3.64. The second kappa shape index (κ2) is 4.34. The Balaban J connectivity index is 2.34. The average Bonchev–Trinajstić information content (AvgIpc) is 2.75. The summed E-state index contributed by atoms with van der Waals surface area (Å²) in [4.78, 5) is 4.61. The first kappa shape index (κ1) is 12.7. The van der Waals surface area contributed by atoms with Crippen molar-refractivity contribution in [3.8, 4) is 17.0 Å². The van der Waals surface area contributed by atoms with Crippen LogP contribution in [0.2, 0.25) is 0 Å². The molecule has 3 rings (SSSR count). The van der Waals surface area contributed by atoms with Gasteiger partial charge in [0.1, 0.15) is 17.0 Å². The zero-order chi connectivity index (χ0) is 14.4. The molecular weight excluding hydrogens is 252 g/mol. The maximum Gasteiger partial charge on any atom is 0.144 e. The maximum atomic E-state index is 10.2. The van der Waals surface area contributed by atoms with E-state index < -0.39 is 0 Å². The van der Waals surface area contributed by atoms with Crippen LogP contribution in [0.5, 0.6) is 5.75 Å². The van der Waals surface area contributed by atoms with Crippen molar-refractivity contribution in [2.75, 3.05) is 0 Å². The number of aromatic nitrogens is 2. The Morgan fingerprint density at radius 2 is 1.80 bits per heavy atom. The Morgan fingerprint density at radius 3 is 2.45 bits per heavy atom. The summed E-state index contributed by atoms with van der Waals surface area (Å²) < 4.78 is 5.19. The predicted molar refractivity (Wildman–Crippen MR) is 77.9 cm³/mol. The molecule has 0 unspecified atom stereocenters. The molecule has 2 heterocycles. The largest absolute Gasteiger partial charge is 0.505 e. The quantitative estimate of drug-likeness (QED) is 0.728. The van der Waals surface area contributed by atoms with Crippen molar-refractivity contribution in [1.82, 2.24) is 10.1 Å². The van der Waals surface area contributed by atoms with Gasteiger partial charge in [0.15, 0.2) is 0 Å². The van der Waals surface area contributed by atoms with Crippen LogP contribution in [-0.2, 0) is 0 Å². The van der Waals surface area contributed by atoms with Crippen LogP contribution in [-0.4, -0.2) is 15.2 Å². The van der Waals surface area contributed by atoms with Crippen LogP contribution in [0.1, 0.15) is 22.6 Å². The fourth-order valence-corrected chi connectivity index (χ4v) is 2.60. The van der Waals surface area contributed by atoms with Gasteiger partial charge in [0.05, 0.1) is 17.0 Å². The lowest BCUT2D eigenvalue weighted by Crippen LogP contribution is -1.91. The number of hydrogen-bond donors (Lipinski definition) is 1. The Labute approximate surface area is 117 Å². The van der Waals surface area contributed by atoms with Gasteiger partial charge < -0.3 is 9.63 Å². The molecule has 0 saturated heterocycles. The van der Waals surface area contributed by atoms with Crippen LogP contribution < -0.4 is 0 Å². The summed E-state index contributed by atoms with van der Waals surface area (Å²) in [5.41, 5.74) is 5.03. The minimum atomic E-state index is 0.235. The number of fused-ring (bicyclic) bond motifs is 1. The van der Waals surface area contributed by atoms with Crippen molar-refractivity contribution >= 4 is 10.9 Å². The van der Waals surface area contributed by atoms with Crippen molar-refractivity contribution in [3.63, 3.8) is 0 Å². The molecule has 0 spiro atoms. The fourth-order valence-electron chi connectivity index (χ4n) is 2.60. The molecular formula is C16H16N2O2. The molecule has 0 bridgehead atoms. The zero-order valence-corrected chi connectivity index (χ0v) is 12.0. The third kappa shape index (κ3) is 1.76. The number of aromatic hydroxyl groups is 1. The van der Waals surface area contributed by atoms with Crippen LogP contribution in [0.15, 0.2) is 22.7 Å². The molecule has 1 aromatic carbocycles. The highest BCUT2D eigenvalue weighted by atomic mass is 16.5. The van der Waals surface area contributed by atoms with E-state index in [9.17, 15) is 5.11 Å². The molecule has 0 aliphatic rings. The van der Waals surface area contributed by atoms with Crippen LogP contribution in [0.3, 0.4) is 0 Å². The van der Waals surface area contributed by atoms with E-state index in [4.69, 9.17) is 4.52 Å². The summed E-state index contributed by atoms with van der Waals surface area (Å²) in [6.07, 6.45) is 0. The van der Waals surface area contributed by atoms with Crippen LogP contribution in [0, 0.1) is 27.7 Å². The zero-order valence-electron chi connectivity index (χ0n) is 12.0. The van der Waals surface area contributed by atoms with Crippen molar-refractivity contribution in [2.24, 2.45) is 0 Å². The van der Waals surface area contributed by atoms with E-state index >= 15 is 0 Å². The van der Waals surface area contributed by atoms with Crippen LogP contribution in [0.4, 0.5) is 0 Å². The predicted octanol–water partition coefficient (Wildman–Crippen LogP) is 3.83. The minimum Gasteiger partial charge on any atom is -0.505 e. The summed E-state index contributed by atoms with van der Waals surface area (Å²) >= 11 is 0. The molecule has 20 heavy (non-hydrogen) atoms. The van der Waals surface area contributed by atoms with Gasteiger partial charge in [0, 0.05) is 5.39 Å². The van der Waals surface area contributed by atoms with Crippen molar-refractivity contribution < 1.29 is 9.63 Å². The molecule has 0 fully saturated rings. The van der Waals surface area contributed by atoms with E-state index in [1.54, 1.807) is 0 Å². The van der Waals surface area contributed by atoms with Gasteiger partial charge in [-0.1, -0.05) is 17.3 Å².